The summed E-state index contributed by atoms with van der Waals surface area (Å²) in [7, 11) is 0. The molecule has 1 aromatic carbocycles. The predicted molar refractivity (Wildman–Crippen MR) is 84.4 cm³/mol. The Morgan fingerprint density at radius 1 is 1.17 bits per heavy atom. The number of carboxylic acid groups (broad SMARTS) is 1. The molecule has 2 atom stereocenters. The van der Waals surface area contributed by atoms with Gasteiger partial charge in [0.15, 0.2) is 0 Å². The summed E-state index contributed by atoms with van der Waals surface area (Å²) in [5.41, 5.74) is -0.215. The van der Waals surface area contributed by atoms with E-state index in [1.807, 2.05) is 0 Å². The van der Waals surface area contributed by atoms with Crippen LogP contribution in [0.4, 0.5) is 5.69 Å². The molecule has 1 aromatic rings. The monoisotopic (exact) mass is 337 g/mol. The lowest BCUT2D eigenvalue weighted by atomic mass is 10.0. The molecule has 1 rings (SSSR count). The van der Waals surface area contributed by atoms with Gasteiger partial charge in [0.25, 0.3) is 11.6 Å². The van der Waals surface area contributed by atoms with E-state index in [0.29, 0.717) is 0 Å². The van der Waals surface area contributed by atoms with Gasteiger partial charge in [-0.1, -0.05) is 19.9 Å². The number of nitrogens with zero attached hydrogens (tertiary/aromatic N) is 1. The van der Waals surface area contributed by atoms with Crippen LogP contribution in [0.3, 0.4) is 0 Å². The van der Waals surface area contributed by atoms with Gasteiger partial charge in [0.1, 0.15) is 12.1 Å². The Balaban J connectivity index is 2.76. The van der Waals surface area contributed by atoms with Crippen LogP contribution < -0.4 is 10.6 Å². The third-order valence-corrected chi connectivity index (χ3v) is 3.29. The highest BCUT2D eigenvalue weighted by Gasteiger charge is 2.26. The number of carboxylic acids is 1. The molecule has 1 unspecified atom stereocenters. The number of non-ortho nitro benzene ring substituents is 1. The van der Waals surface area contributed by atoms with Crippen LogP contribution in [0.25, 0.3) is 0 Å². The molecular formula is C15H19N3O6. The van der Waals surface area contributed by atoms with Crippen LogP contribution in [0, 0.1) is 16.0 Å². The van der Waals surface area contributed by atoms with Crippen molar-refractivity contribution in [1.29, 1.82) is 0 Å². The first kappa shape index (κ1) is 19.1. The fourth-order valence-corrected chi connectivity index (χ4v) is 1.90. The van der Waals surface area contributed by atoms with Crippen molar-refractivity contribution in [3.63, 3.8) is 0 Å². The quantitative estimate of drug-likeness (QED) is 0.500. The Labute approximate surface area is 138 Å². The van der Waals surface area contributed by atoms with Crippen LogP contribution in [-0.2, 0) is 9.59 Å². The van der Waals surface area contributed by atoms with Gasteiger partial charge in [-0.2, -0.15) is 0 Å². The molecule has 0 saturated carbocycles. The van der Waals surface area contributed by atoms with Crippen LogP contribution in [0.15, 0.2) is 24.3 Å². The number of hydrogen-bond acceptors (Lipinski definition) is 5. The number of rotatable bonds is 7. The summed E-state index contributed by atoms with van der Waals surface area (Å²) >= 11 is 0. The summed E-state index contributed by atoms with van der Waals surface area (Å²) in [5.74, 6) is -2.82. The first-order valence-corrected chi connectivity index (χ1v) is 7.22. The third kappa shape index (κ3) is 5.04. The van der Waals surface area contributed by atoms with E-state index < -0.39 is 34.8 Å². The number of nitro benzene ring substituents is 1. The topological polar surface area (TPSA) is 139 Å². The highest BCUT2D eigenvalue weighted by molar-refractivity contribution is 5.98. The van der Waals surface area contributed by atoms with Gasteiger partial charge in [0, 0.05) is 17.7 Å². The first-order valence-electron chi connectivity index (χ1n) is 7.22. The summed E-state index contributed by atoms with van der Waals surface area (Å²) in [5, 5.41) is 24.5. The number of hydrogen-bond donors (Lipinski definition) is 3. The van der Waals surface area contributed by atoms with Crippen LogP contribution in [-0.4, -0.2) is 39.9 Å². The average molecular weight is 337 g/mol. The molecule has 0 aromatic heterocycles. The second-order valence-electron chi connectivity index (χ2n) is 5.57. The molecule has 0 aliphatic rings. The number of nitrogens with one attached hydrogen (secondary N) is 2. The van der Waals surface area contributed by atoms with Crippen molar-refractivity contribution in [2.24, 2.45) is 5.92 Å². The normalized spacial score (nSPS) is 13.0. The van der Waals surface area contributed by atoms with E-state index in [-0.39, 0.29) is 17.2 Å². The zero-order chi connectivity index (χ0) is 18.4. The number of carbonyl (C=O) groups is 3. The number of nitro groups is 1. The third-order valence-electron chi connectivity index (χ3n) is 3.29. The van der Waals surface area contributed by atoms with Gasteiger partial charge in [-0.3, -0.25) is 19.7 Å². The molecule has 3 N–H and O–H groups in total. The van der Waals surface area contributed by atoms with Crippen LogP contribution >= 0.6 is 0 Å². The summed E-state index contributed by atoms with van der Waals surface area (Å²) in [4.78, 5) is 45.2. The fraction of sp³-hybridized carbons (Fsp3) is 0.400. The number of amides is 2. The highest BCUT2D eigenvalue weighted by atomic mass is 16.6. The van der Waals surface area contributed by atoms with E-state index in [0.717, 1.165) is 6.07 Å². The average Bonchev–Trinajstić information content (AvgIpc) is 2.51. The molecule has 9 heteroatoms. The molecule has 0 saturated heterocycles. The molecule has 2 amide bonds. The zero-order valence-electron chi connectivity index (χ0n) is 13.5. The minimum Gasteiger partial charge on any atom is -0.480 e. The molecule has 130 valence electrons. The van der Waals surface area contributed by atoms with E-state index in [1.54, 1.807) is 13.8 Å². The van der Waals surface area contributed by atoms with Gasteiger partial charge < -0.3 is 15.7 Å². The van der Waals surface area contributed by atoms with Crippen molar-refractivity contribution < 1.29 is 24.4 Å². The van der Waals surface area contributed by atoms with Crippen molar-refractivity contribution in [1.82, 2.24) is 10.6 Å². The fourth-order valence-electron chi connectivity index (χ4n) is 1.90. The number of carbonyl (C=O) groups excluding carboxylic acids is 2. The van der Waals surface area contributed by atoms with Crippen molar-refractivity contribution in [3.8, 4) is 0 Å². The molecule has 0 bridgehead atoms. The minimum atomic E-state index is -1.17. The van der Waals surface area contributed by atoms with E-state index in [9.17, 15) is 24.5 Å². The van der Waals surface area contributed by atoms with Crippen molar-refractivity contribution in [2.75, 3.05) is 0 Å². The molecule has 0 aliphatic carbocycles. The molecule has 0 fully saturated rings. The molecule has 24 heavy (non-hydrogen) atoms. The second-order valence-corrected chi connectivity index (χ2v) is 5.57. The predicted octanol–water partition coefficient (Wildman–Crippen LogP) is 0.938. The van der Waals surface area contributed by atoms with Gasteiger partial charge in [-0.15, -0.1) is 0 Å². The smallest absolute Gasteiger partial charge is 0.326 e. The largest absolute Gasteiger partial charge is 0.480 e. The van der Waals surface area contributed by atoms with Gasteiger partial charge in [0.2, 0.25) is 5.91 Å². The SMILES string of the molecule is CC(NC(=O)c1cccc([N+](=O)[O-])c1)C(=O)N[C@H](C(=O)O)C(C)C. The van der Waals surface area contributed by atoms with E-state index in [4.69, 9.17) is 5.11 Å². The summed E-state index contributed by atoms with van der Waals surface area (Å²) in [6, 6.07) is 2.99. The molecule has 0 spiro atoms. The Morgan fingerprint density at radius 2 is 1.79 bits per heavy atom. The van der Waals surface area contributed by atoms with E-state index >= 15 is 0 Å². The van der Waals surface area contributed by atoms with Crippen molar-refractivity contribution in [2.45, 2.75) is 32.9 Å². The minimum absolute atomic E-state index is 0.0301. The van der Waals surface area contributed by atoms with Crippen molar-refractivity contribution >= 4 is 23.5 Å². The maximum absolute atomic E-state index is 12.1. The number of aliphatic carboxylic acids is 1. The van der Waals surface area contributed by atoms with E-state index in [1.165, 1.54) is 25.1 Å². The Bertz CT molecular complexity index is 658. The standard InChI is InChI=1S/C15H19N3O6/c1-8(2)12(15(21)22)17-13(19)9(3)16-14(20)10-5-4-6-11(7-10)18(23)24/h4-9,12H,1-3H3,(H,16,20)(H,17,19)(H,21,22)/t9?,12-/m0/s1. The van der Waals surface area contributed by atoms with Crippen molar-refractivity contribution in [3.05, 3.63) is 39.9 Å². The van der Waals surface area contributed by atoms with Gasteiger partial charge >= 0.3 is 5.97 Å². The molecular weight excluding hydrogens is 318 g/mol. The van der Waals surface area contributed by atoms with Gasteiger partial charge in [-0.05, 0) is 18.9 Å². The maximum Gasteiger partial charge on any atom is 0.326 e. The lowest BCUT2D eigenvalue weighted by Gasteiger charge is -2.21. The molecule has 9 nitrogen and oxygen atoms in total. The summed E-state index contributed by atoms with van der Waals surface area (Å²) in [6.07, 6.45) is 0. The van der Waals surface area contributed by atoms with Crippen LogP contribution in [0.5, 0.6) is 0 Å². The number of benzene rings is 1. The Hall–Kier alpha value is -2.97. The summed E-state index contributed by atoms with van der Waals surface area (Å²) in [6.45, 7) is 4.68. The zero-order valence-corrected chi connectivity index (χ0v) is 13.5. The maximum atomic E-state index is 12.1. The highest BCUT2D eigenvalue weighted by Crippen LogP contribution is 2.13. The van der Waals surface area contributed by atoms with Gasteiger partial charge in [-0.25, -0.2) is 4.79 Å². The van der Waals surface area contributed by atoms with E-state index in [2.05, 4.69) is 10.6 Å². The van der Waals surface area contributed by atoms with Crippen LogP contribution in [0.2, 0.25) is 0 Å². The Kier molecular flexibility index (Phi) is 6.39. The molecule has 0 heterocycles. The lowest BCUT2D eigenvalue weighted by Crippen LogP contribution is -2.52. The second kappa shape index (κ2) is 8.04. The molecule has 0 radical (unpaired) electrons. The van der Waals surface area contributed by atoms with Crippen LogP contribution in [0.1, 0.15) is 31.1 Å². The Morgan fingerprint density at radius 3 is 2.29 bits per heavy atom. The summed E-state index contributed by atoms with van der Waals surface area (Å²) < 4.78 is 0. The first-order chi connectivity index (χ1) is 11.1. The van der Waals surface area contributed by atoms with Gasteiger partial charge in [0.05, 0.1) is 4.92 Å². The lowest BCUT2D eigenvalue weighted by molar-refractivity contribution is -0.384. The molecule has 0 aliphatic heterocycles.